The summed E-state index contributed by atoms with van der Waals surface area (Å²) in [6.07, 6.45) is 4.36. The number of hydrogen-bond acceptors (Lipinski definition) is 2. The van der Waals surface area contributed by atoms with Gasteiger partial charge in [-0.25, -0.2) is 0 Å². The van der Waals surface area contributed by atoms with E-state index in [-0.39, 0.29) is 5.91 Å². The zero-order chi connectivity index (χ0) is 16.9. The highest BCUT2D eigenvalue weighted by Gasteiger charge is 2.23. The van der Waals surface area contributed by atoms with E-state index in [9.17, 15) is 4.79 Å². The second-order valence-corrected chi connectivity index (χ2v) is 6.40. The summed E-state index contributed by atoms with van der Waals surface area (Å²) in [5, 5.41) is 0. The minimum Gasteiger partial charge on any atom is -0.362 e. The van der Waals surface area contributed by atoms with Gasteiger partial charge in [-0.05, 0) is 25.5 Å². The standard InChI is InChI=1S/C20H25N3O/c1-16-15-19(17(2)21-16)20(24)23-13-11-22(12-14-23)10-6-9-18-7-4-3-5-8-18/h3-9,15,21H,10-14H2,1-2H3/b9-6+. The largest absolute Gasteiger partial charge is 0.362 e. The van der Waals surface area contributed by atoms with Gasteiger partial charge < -0.3 is 9.88 Å². The van der Waals surface area contributed by atoms with E-state index in [1.807, 2.05) is 30.9 Å². The minimum atomic E-state index is 0.149. The van der Waals surface area contributed by atoms with Crippen LogP contribution in [0.5, 0.6) is 0 Å². The maximum Gasteiger partial charge on any atom is 0.255 e. The third-order valence-electron chi connectivity index (χ3n) is 4.51. The molecule has 0 atom stereocenters. The van der Waals surface area contributed by atoms with Crippen molar-refractivity contribution in [3.63, 3.8) is 0 Å². The monoisotopic (exact) mass is 323 g/mol. The number of H-pyrrole nitrogens is 1. The van der Waals surface area contributed by atoms with Crippen LogP contribution < -0.4 is 0 Å². The van der Waals surface area contributed by atoms with Crippen LogP contribution in [-0.4, -0.2) is 53.4 Å². The van der Waals surface area contributed by atoms with Gasteiger partial charge in [0.25, 0.3) is 5.91 Å². The van der Waals surface area contributed by atoms with Crippen LogP contribution in [0.3, 0.4) is 0 Å². The summed E-state index contributed by atoms with van der Waals surface area (Å²) in [6.45, 7) is 8.31. The molecule has 126 valence electrons. The normalized spacial score (nSPS) is 16.0. The van der Waals surface area contributed by atoms with Gasteiger partial charge in [0.2, 0.25) is 0 Å². The zero-order valence-corrected chi connectivity index (χ0v) is 14.5. The van der Waals surface area contributed by atoms with E-state index in [4.69, 9.17) is 0 Å². The van der Waals surface area contributed by atoms with Crippen LogP contribution in [0.15, 0.2) is 42.5 Å². The molecule has 2 heterocycles. The van der Waals surface area contributed by atoms with Crippen LogP contribution in [0.25, 0.3) is 6.08 Å². The molecule has 1 aliphatic heterocycles. The molecule has 0 aliphatic carbocycles. The molecule has 0 spiro atoms. The quantitative estimate of drug-likeness (QED) is 0.939. The Morgan fingerprint density at radius 2 is 1.83 bits per heavy atom. The van der Waals surface area contributed by atoms with E-state index in [1.165, 1.54) is 5.56 Å². The summed E-state index contributed by atoms with van der Waals surface area (Å²) in [6, 6.07) is 12.3. The molecule has 1 aromatic heterocycles. The Labute approximate surface area is 143 Å². The van der Waals surface area contributed by atoms with E-state index in [2.05, 4.69) is 46.3 Å². The van der Waals surface area contributed by atoms with Crippen molar-refractivity contribution in [1.82, 2.24) is 14.8 Å². The molecule has 24 heavy (non-hydrogen) atoms. The number of carbonyl (C=O) groups excluding carboxylic acids is 1. The lowest BCUT2D eigenvalue weighted by atomic mass is 10.2. The van der Waals surface area contributed by atoms with Crippen LogP contribution in [-0.2, 0) is 0 Å². The van der Waals surface area contributed by atoms with Crippen molar-refractivity contribution in [3.8, 4) is 0 Å². The lowest BCUT2D eigenvalue weighted by Gasteiger charge is -2.34. The first-order valence-electron chi connectivity index (χ1n) is 8.53. The number of amides is 1. The van der Waals surface area contributed by atoms with Gasteiger partial charge in [-0.2, -0.15) is 0 Å². The zero-order valence-electron chi connectivity index (χ0n) is 14.5. The lowest BCUT2D eigenvalue weighted by molar-refractivity contribution is 0.0650. The first kappa shape index (κ1) is 16.5. The van der Waals surface area contributed by atoms with Crippen LogP contribution in [0.2, 0.25) is 0 Å². The Balaban J connectivity index is 1.50. The van der Waals surface area contributed by atoms with Crippen molar-refractivity contribution in [1.29, 1.82) is 0 Å². The van der Waals surface area contributed by atoms with Crippen molar-refractivity contribution in [2.45, 2.75) is 13.8 Å². The fourth-order valence-corrected chi connectivity index (χ4v) is 3.15. The lowest BCUT2D eigenvalue weighted by Crippen LogP contribution is -2.48. The molecular formula is C20H25N3O. The van der Waals surface area contributed by atoms with Crippen molar-refractivity contribution in [3.05, 3.63) is 65.0 Å². The summed E-state index contributed by atoms with van der Waals surface area (Å²) < 4.78 is 0. The third kappa shape index (κ3) is 3.95. The Kier molecular flexibility index (Phi) is 5.16. The third-order valence-corrected chi connectivity index (χ3v) is 4.51. The number of benzene rings is 1. The number of aromatic amines is 1. The number of piperazine rings is 1. The van der Waals surface area contributed by atoms with Gasteiger partial charge in [0.1, 0.15) is 0 Å². The number of nitrogens with one attached hydrogen (secondary N) is 1. The topological polar surface area (TPSA) is 39.3 Å². The van der Waals surface area contributed by atoms with Crippen LogP contribution in [0, 0.1) is 13.8 Å². The molecule has 0 radical (unpaired) electrons. The first-order chi connectivity index (χ1) is 11.6. The molecule has 1 aromatic carbocycles. The van der Waals surface area contributed by atoms with Crippen LogP contribution >= 0.6 is 0 Å². The maximum absolute atomic E-state index is 12.6. The summed E-state index contributed by atoms with van der Waals surface area (Å²) >= 11 is 0. The fourth-order valence-electron chi connectivity index (χ4n) is 3.15. The average Bonchev–Trinajstić information content (AvgIpc) is 2.94. The highest BCUT2D eigenvalue weighted by atomic mass is 16.2. The summed E-state index contributed by atoms with van der Waals surface area (Å²) in [4.78, 5) is 20.2. The van der Waals surface area contributed by atoms with Crippen molar-refractivity contribution in [2.24, 2.45) is 0 Å². The maximum atomic E-state index is 12.6. The highest BCUT2D eigenvalue weighted by molar-refractivity contribution is 5.95. The number of aromatic nitrogens is 1. The molecule has 1 fully saturated rings. The van der Waals surface area contributed by atoms with E-state index >= 15 is 0 Å². The summed E-state index contributed by atoms with van der Waals surface area (Å²) in [5.74, 6) is 0.149. The first-order valence-corrected chi connectivity index (χ1v) is 8.53. The molecule has 3 rings (SSSR count). The molecular weight excluding hydrogens is 298 g/mol. The Morgan fingerprint density at radius 3 is 2.46 bits per heavy atom. The molecule has 0 bridgehead atoms. The number of aryl methyl sites for hydroxylation is 2. The van der Waals surface area contributed by atoms with Gasteiger partial charge in [0, 0.05) is 44.1 Å². The predicted molar refractivity (Wildman–Crippen MR) is 98.1 cm³/mol. The number of rotatable bonds is 4. The number of carbonyl (C=O) groups is 1. The summed E-state index contributed by atoms with van der Waals surface area (Å²) in [5.41, 5.74) is 4.04. The molecule has 1 aliphatic rings. The second kappa shape index (κ2) is 7.49. The molecule has 4 heteroatoms. The molecule has 0 unspecified atom stereocenters. The molecule has 0 saturated carbocycles. The van der Waals surface area contributed by atoms with Crippen LogP contribution in [0.4, 0.5) is 0 Å². The van der Waals surface area contributed by atoms with Gasteiger partial charge in [-0.15, -0.1) is 0 Å². The Hall–Kier alpha value is -2.33. The van der Waals surface area contributed by atoms with Crippen molar-refractivity contribution >= 4 is 12.0 Å². The Morgan fingerprint density at radius 1 is 1.12 bits per heavy atom. The van der Waals surface area contributed by atoms with Crippen molar-refractivity contribution < 1.29 is 4.79 Å². The van der Waals surface area contributed by atoms with Gasteiger partial charge in [-0.1, -0.05) is 42.5 Å². The fraction of sp³-hybridized carbons (Fsp3) is 0.350. The summed E-state index contributed by atoms with van der Waals surface area (Å²) in [7, 11) is 0. The van der Waals surface area contributed by atoms with Gasteiger partial charge in [0.05, 0.1) is 5.56 Å². The van der Waals surface area contributed by atoms with Gasteiger partial charge >= 0.3 is 0 Å². The van der Waals surface area contributed by atoms with Gasteiger partial charge in [-0.3, -0.25) is 9.69 Å². The molecule has 4 nitrogen and oxygen atoms in total. The molecule has 2 aromatic rings. The van der Waals surface area contributed by atoms with E-state index in [1.54, 1.807) is 0 Å². The molecule has 1 N–H and O–H groups in total. The molecule has 1 saturated heterocycles. The average molecular weight is 323 g/mol. The van der Waals surface area contributed by atoms with Crippen molar-refractivity contribution in [2.75, 3.05) is 32.7 Å². The van der Waals surface area contributed by atoms with Crippen LogP contribution in [0.1, 0.15) is 27.3 Å². The smallest absolute Gasteiger partial charge is 0.255 e. The van der Waals surface area contributed by atoms with Gasteiger partial charge in [0.15, 0.2) is 0 Å². The number of hydrogen-bond donors (Lipinski definition) is 1. The Bertz CT molecular complexity index is 710. The highest BCUT2D eigenvalue weighted by Crippen LogP contribution is 2.14. The minimum absolute atomic E-state index is 0.149. The van der Waals surface area contributed by atoms with E-state index in [0.29, 0.717) is 0 Å². The van der Waals surface area contributed by atoms with E-state index < -0.39 is 0 Å². The predicted octanol–water partition coefficient (Wildman–Crippen LogP) is 3.10. The SMILES string of the molecule is Cc1cc(C(=O)N2CCN(C/C=C/c3ccccc3)CC2)c(C)[nH]1. The number of nitrogens with zero attached hydrogens (tertiary/aromatic N) is 2. The molecule has 1 amide bonds. The second-order valence-electron chi connectivity index (χ2n) is 6.40. The van der Waals surface area contributed by atoms with E-state index in [0.717, 1.165) is 49.7 Å².